The quantitative estimate of drug-likeness (QED) is 0.832. The predicted octanol–water partition coefficient (Wildman–Crippen LogP) is 3.41. The van der Waals surface area contributed by atoms with E-state index in [1.165, 1.54) is 37.7 Å². The van der Waals surface area contributed by atoms with Gasteiger partial charge in [0.1, 0.15) is 5.75 Å². The zero-order valence-corrected chi connectivity index (χ0v) is 11.6. The summed E-state index contributed by atoms with van der Waals surface area (Å²) in [6.07, 6.45) is 8.02. The smallest absolute Gasteiger partial charge is 0.119 e. The summed E-state index contributed by atoms with van der Waals surface area (Å²) in [6.45, 7) is 0. The van der Waals surface area contributed by atoms with Gasteiger partial charge in [0.25, 0.3) is 0 Å². The zero-order chi connectivity index (χ0) is 12.8. The molecule has 2 rings (SSSR count). The summed E-state index contributed by atoms with van der Waals surface area (Å²) in [4.78, 5) is 0. The number of hydrogen-bond acceptors (Lipinski definition) is 2. The second-order valence-electron chi connectivity index (χ2n) is 5.33. The highest BCUT2D eigenvalue weighted by Gasteiger charge is 2.23. The molecule has 1 aromatic carbocycles. The Morgan fingerprint density at radius 2 is 2.11 bits per heavy atom. The third-order valence-corrected chi connectivity index (χ3v) is 4.22. The van der Waals surface area contributed by atoms with Crippen molar-refractivity contribution in [1.29, 1.82) is 0 Å². The van der Waals surface area contributed by atoms with E-state index in [2.05, 4.69) is 30.6 Å². The lowest BCUT2D eigenvalue weighted by molar-refractivity contribution is 0.359. The fraction of sp³-hybridized carbons (Fsp3) is 0.625. The van der Waals surface area contributed by atoms with Gasteiger partial charge in [-0.3, -0.25) is 0 Å². The molecule has 0 heterocycles. The number of nitrogens with one attached hydrogen (secondary N) is 1. The van der Waals surface area contributed by atoms with Gasteiger partial charge in [-0.2, -0.15) is 0 Å². The van der Waals surface area contributed by atoms with Gasteiger partial charge < -0.3 is 10.1 Å². The monoisotopic (exact) mass is 247 g/mol. The second-order valence-corrected chi connectivity index (χ2v) is 5.33. The minimum atomic E-state index is 0.679. The first-order chi connectivity index (χ1) is 8.83. The third-order valence-electron chi connectivity index (χ3n) is 4.22. The van der Waals surface area contributed by atoms with Crippen molar-refractivity contribution in [1.82, 2.24) is 5.32 Å². The first kappa shape index (κ1) is 13.4. The second kappa shape index (κ2) is 6.79. The molecule has 0 radical (unpaired) electrons. The van der Waals surface area contributed by atoms with E-state index in [9.17, 15) is 0 Å². The maximum absolute atomic E-state index is 5.27. The minimum absolute atomic E-state index is 0.679. The van der Waals surface area contributed by atoms with Crippen molar-refractivity contribution in [2.24, 2.45) is 5.92 Å². The lowest BCUT2D eigenvalue weighted by atomic mass is 9.92. The normalized spacial score (nSPS) is 17.9. The Morgan fingerprint density at radius 3 is 2.78 bits per heavy atom. The molecule has 0 aromatic heterocycles. The highest BCUT2D eigenvalue weighted by atomic mass is 16.5. The van der Waals surface area contributed by atoms with Gasteiger partial charge in [-0.1, -0.05) is 25.0 Å². The molecule has 18 heavy (non-hydrogen) atoms. The van der Waals surface area contributed by atoms with E-state index in [-0.39, 0.29) is 0 Å². The van der Waals surface area contributed by atoms with Gasteiger partial charge in [0.15, 0.2) is 0 Å². The molecule has 1 N–H and O–H groups in total. The van der Waals surface area contributed by atoms with E-state index < -0.39 is 0 Å². The molecule has 2 heteroatoms. The molecule has 1 aliphatic carbocycles. The lowest BCUT2D eigenvalue weighted by Gasteiger charge is -2.22. The molecule has 0 aliphatic heterocycles. The van der Waals surface area contributed by atoms with E-state index in [0.29, 0.717) is 6.04 Å². The summed E-state index contributed by atoms with van der Waals surface area (Å²) in [7, 11) is 3.84. The summed E-state index contributed by atoms with van der Waals surface area (Å²) in [5.41, 5.74) is 1.38. The molecule has 1 aromatic rings. The van der Waals surface area contributed by atoms with Crippen LogP contribution in [-0.4, -0.2) is 20.2 Å². The molecule has 0 spiro atoms. The molecule has 2 nitrogen and oxygen atoms in total. The molecular formula is C16H25NO. The molecule has 1 fully saturated rings. The van der Waals surface area contributed by atoms with E-state index in [0.717, 1.165) is 18.1 Å². The summed E-state index contributed by atoms with van der Waals surface area (Å²) in [5, 5.41) is 3.51. The van der Waals surface area contributed by atoms with Crippen molar-refractivity contribution in [3.8, 4) is 5.75 Å². The summed E-state index contributed by atoms with van der Waals surface area (Å²) >= 11 is 0. The van der Waals surface area contributed by atoms with E-state index in [1.807, 2.05) is 6.07 Å². The van der Waals surface area contributed by atoms with Gasteiger partial charge in [-0.25, -0.2) is 0 Å². The van der Waals surface area contributed by atoms with Gasteiger partial charge in [0.2, 0.25) is 0 Å². The Hall–Kier alpha value is -1.02. The number of benzene rings is 1. The van der Waals surface area contributed by atoms with Crippen LogP contribution < -0.4 is 10.1 Å². The van der Waals surface area contributed by atoms with Crippen LogP contribution in [0.3, 0.4) is 0 Å². The van der Waals surface area contributed by atoms with Crippen molar-refractivity contribution in [3.05, 3.63) is 29.8 Å². The van der Waals surface area contributed by atoms with E-state index in [4.69, 9.17) is 4.74 Å². The standard InChI is InChI=1S/C16H25NO/c1-17-16(14-7-3-4-8-14)11-10-13-6-5-9-15(12-13)18-2/h5-6,9,12,14,16-17H,3-4,7-8,10-11H2,1-2H3. The molecule has 100 valence electrons. The van der Waals surface area contributed by atoms with Crippen LogP contribution in [0.4, 0.5) is 0 Å². The largest absolute Gasteiger partial charge is 0.497 e. The predicted molar refractivity (Wildman–Crippen MR) is 76.1 cm³/mol. The van der Waals surface area contributed by atoms with Gasteiger partial charge in [-0.15, -0.1) is 0 Å². The van der Waals surface area contributed by atoms with Crippen LogP contribution in [0.25, 0.3) is 0 Å². The Morgan fingerprint density at radius 1 is 1.33 bits per heavy atom. The van der Waals surface area contributed by atoms with Crippen molar-refractivity contribution >= 4 is 0 Å². The molecule has 1 aliphatic rings. The summed E-state index contributed by atoms with van der Waals surface area (Å²) in [6, 6.07) is 9.12. The molecule has 0 amide bonds. The van der Waals surface area contributed by atoms with Crippen molar-refractivity contribution in [2.45, 2.75) is 44.6 Å². The Labute approximate surface area is 111 Å². The molecule has 0 saturated heterocycles. The van der Waals surface area contributed by atoms with Crippen molar-refractivity contribution in [3.63, 3.8) is 0 Å². The first-order valence-corrected chi connectivity index (χ1v) is 7.13. The third kappa shape index (κ3) is 3.49. The van der Waals surface area contributed by atoms with Gasteiger partial charge in [0, 0.05) is 6.04 Å². The molecule has 1 atom stereocenters. The molecule has 1 unspecified atom stereocenters. The van der Waals surface area contributed by atoms with Crippen LogP contribution in [0, 0.1) is 5.92 Å². The molecule has 0 bridgehead atoms. The average Bonchev–Trinajstić information content (AvgIpc) is 2.94. The maximum Gasteiger partial charge on any atom is 0.119 e. The van der Waals surface area contributed by atoms with Crippen molar-refractivity contribution in [2.75, 3.05) is 14.2 Å². The van der Waals surface area contributed by atoms with Gasteiger partial charge >= 0.3 is 0 Å². The van der Waals surface area contributed by atoms with Crippen LogP contribution in [0.1, 0.15) is 37.7 Å². The number of ether oxygens (including phenoxy) is 1. The zero-order valence-electron chi connectivity index (χ0n) is 11.6. The number of aryl methyl sites for hydroxylation is 1. The summed E-state index contributed by atoms with van der Waals surface area (Å²) in [5.74, 6) is 1.86. The fourth-order valence-electron chi connectivity index (χ4n) is 3.13. The highest BCUT2D eigenvalue weighted by molar-refractivity contribution is 5.28. The Kier molecular flexibility index (Phi) is 5.06. The van der Waals surface area contributed by atoms with Crippen molar-refractivity contribution < 1.29 is 4.74 Å². The molecule has 1 saturated carbocycles. The molecular weight excluding hydrogens is 222 g/mol. The van der Waals surface area contributed by atoms with Gasteiger partial charge in [-0.05, 0) is 56.3 Å². The van der Waals surface area contributed by atoms with Gasteiger partial charge in [0.05, 0.1) is 7.11 Å². The number of rotatable bonds is 6. The fourth-order valence-corrected chi connectivity index (χ4v) is 3.13. The first-order valence-electron chi connectivity index (χ1n) is 7.13. The van der Waals surface area contributed by atoms with Crippen LogP contribution in [0.5, 0.6) is 5.75 Å². The Bertz CT molecular complexity index is 358. The van der Waals surface area contributed by atoms with E-state index in [1.54, 1.807) is 7.11 Å². The lowest BCUT2D eigenvalue weighted by Crippen LogP contribution is -2.32. The minimum Gasteiger partial charge on any atom is -0.497 e. The average molecular weight is 247 g/mol. The van der Waals surface area contributed by atoms with Crippen LogP contribution in [0.2, 0.25) is 0 Å². The number of methoxy groups -OCH3 is 1. The Balaban J connectivity index is 1.88. The number of hydrogen-bond donors (Lipinski definition) is 1. The highest BCUT2D eigenvalue weighted by Crippen LogP contribution is 2.29. The SMILES string of the molecule is CNC(CCc1cccc(OC)c1)C1CCCC1. The maximum atomic E-state index is 5.27. The van der Waals surface area contributed by atoms with Crippen LogP contribution >= 0.6 is 0 Å². The van der Waals surface area contributed by atoms with Crippen LogP contribution in [0.15, 0.2) is 24.3 Å². The van der Waals surface area contributed by atoms with E-state index >= 15 is 0 Å². The van der Waals surface area contributed by atoms with Crippen LogP contribution in [-0.2, 0) is 6.42 Å². The summed E-state index contributed by atoms with van der Waals surface area (Å²) < 4.78 is 5.27. The topological polar surface area (TPSA) is 21.3 Å².